The van der Waals surface area contributed by atoms with E-state index >= 15 is 0 Å². The highest BCUT2D eigenvalue weighted by molar-refractivity contribution is 6.06. The molecule has 0 atom stereocenters. The molecule has 5 heteroatoms. The molecule has 0 aliphatic rings. The molecule has 0 saturated heterocycles. The Balaban J connectivity index is 1.66. The number of nitrogens with one attached hydrogen (secondary N) is 2. The van der Waals surface area contributed by atoms with Gasteiger partial charge in [0, 0.05) is 28.9 Å². The fourth-order valence-corrected chi connectivity index (χ4v) is 2.75. The number of hydrogen-bond donors (Lipinski definition) is 2. The van der Waals surface area contributed by atoms with Crippen LogP contribution in [0.5, 0.6) is 0 Å². The molecule has 0 heterocycles. The first-order chi connectivity index (χ1) is 13.6. The first kappa shape index (κ1) is 19.3. The molecule has 0 fully saturated rings. The van der Waals surface area contributed by atoms with Crippen molar-refractivity contribution in [3.8, 4) is 0 Å². The molecule has 2 amide bonds. The molecule has 0 aromatic heterocycles. The minimum Gasteiger partial charge on any atom is -0.348 e. The van der Waals surface area contributed by atoms with Crippen LogP contribution in [-0.2, 0) is 13.0 Å². The van der Waals surface area contributed by atoms with Gasteiger partial charge in [-0.3, -0.25) is 9.59 Å². The van der Waals surface area contributed by atoms with Crippen molar-refractivity contribution in [2.45, 2.75) is 19.9 Å². The molecule has 0 aliphatic heterocycles. The van der Waals surface area contributed by atoms with Crippen molar-refractivity contribution in [2.24, 2.45) is 0 Å². The molecule has 0 spiro atoms. The monoisotopic (exact) mass is 376 g/mol. The van der Waals surface area contributed by atoms with E-state index in [0.29, 0.717) is 22.4 Å². The molecule has 0 aliphatic carbocycles. The van der Waals surface area contributed by atoms with Crippen LogP contribution in [0, 0.1) is 5.82 Å². The Kier molecular flexibility index (Phi) is 6.17. The summed E-state index contributed by atoms with van der Waals surface area (Å²) in [5.41, 5.74) is 2.99. The highest BCUT2D eigenvalue weighted by Crippen LogP contribution is 2.13. The Morgan fingerprint density at radius 3 is 2.21 bits per heavy atom. The average Bonchev–Trinajstić information content (AvgIpc) is 2.73. The molecular formula is C23H21FN2O2. The Labute approximate surface area is 163 Å². The number of hydrogen-bond acceptors (Lipinski definition) is 2. The predicted molar refractivity (Wildman–Crippen MR) is 108 cm³/mol. The van der Waals surface area contributed by atoms with E-state index in [-0.39, 0.29) is 24.2 Å². The fourth-order valence-electron chi connectivity index (χ4n) is 2.75. The van der Waals surface area contributed by atoms with Crippen LogP contribution in [0.25, 0.3) is 0 Å². The highest BCUT2D eigenvalue weighted by Gasteiger charge is 2.11. The van der Waals surface area contributed by atoms with Gasteiger partial charge in [-0.2, -0.15) is 0 Å². The third-order valence-corrected chi connectivity index (χ3v) is 4.40. The van der Waals surface area contributed by atoms with Crippen molar-refractivity contribution in [3.63, 3.8) is 0 Å². The number of amides is 2. The lowest BCUT2D eigenvalue weighted by Gasteiger charge is -2.09. The van der Waals surface area contributed by atoms with Crippen LogP contribution in [0.2, 0.25) is 0 Å². The van der Waals surface area contributed by atoms with Gasteiger partial charge in [-0.25, -0.2) is 4.39 Å². The van der Waals surface area contributed by atoms with Crippen LogP contribution >= 0.6 is 0 Å². The van der Waals surface area contributed by atoms with Gasteiger partial charge in [-0.05, 0) is 48.4 Å². The van der Waals surface area contributed by atoms with E-state index < -0.39 is 0 Å². The van der Waals surface area contributed by atoms with Gasteiger partial charge in [0.1, 0.15) is 5.82 Å². The van der Waals surface area contributed by atoms with Crippen molar-refractivity contribution in [1.82, 2.24) is 5.32 Å². The van der Waals surface area contributed by atoms with Crippen molar-refractivity contribution >= 4 is 17.5 Å². The smallest absolute Gasteiger partial charge is 0.255 e. The van der Waals surface area contributed by atoms with E-state index in [1.165, 1.54) is 17.7 Å². The molecule has 0 saturated carbocycles. The van der Waals surface area contributed by atoms with E-state index in [0.717, 1.165) is 6.42 Å². The molecule has 0 bridgehead atoms. The number of rotatable bonds is 6. The molecule has 0 unspecified atom stereocenters. The van der Waals surface area contributed by atoms with Gasteiger partial charge in [0.2, 0.25) is 0 Å². The predicted octanol–water partition coefficient (Wildman–Crippen LogP) is 4.57. The Hall–Kier alpha value is -3.47. The molecule has 142 valence electrons. The lowest BCUT2D eigenvalue weighted by Crippen LogP contribution is -2.24. The number of halogens is 1. The second-order valence-corrected chi connectivity index (χ2v) is 6.36. The van der Waals surface area contributed by atoms with Gasteiger partial charge in [0.25, 0.3) is 11.8 Å². The minimum absolute atomic E-state index is 0.0751. The fraction of sp³-hybridized carbons (Fsp3) is 0.130. The molecular weight excluding hydrogens is 355 g/mol. The maximum atomic E-state index is 13.7. The zero-order chi connectivity index (χ0) is 19.9. The summed E-state index contributed by atoms with van der Waals surface area (Å²) in [4.78, 5) is 24.8. The average molecular weight is 376 g/mol. The van der Waals surface area contributed by atoms with Crippen LogP contribution in [0.1, 0.15) is 38.8 Å². The Bertz CT molecular complexity index is 984. The maximum Gasteiger partial charge on any atom is 0.255 e. The number of aryl methyl sites for hydroxylation is 1. The normalized spacial score (nSPS) is 10.4. The number of carbonyl (C=O) groups excluding carboxylic acids is 2. The van der Waals surface area contributed by atoms with Gasteiger partial charge < -0.3 is 10.6 Å². The zero-order valence-electron chi connectivity index (χ0n) is 15.5. The summed E-state index contributed by atoms with van der Waals surface area (Å²) < 4.78 is 13.7. The van der Waals surface area contributed by atoms with Crippen LogP contribution in [0.3, 0.4) is 0 Å². The van der Waals surface area contributed by atoms with Gasteiger partial charge in [0.05, 0.1) is 0 Å². The van der Waals surface area contributed by atoms with Crippen LogP contribution < -0.4 is 10.6 Å². The van der Waals surface area contributed by atoms with Crippen molar-refractivity contribution in [1.29, 1.82) is 0 Å². The van der Waals surface area contributed by atoms with E-state index in [4.69, 9.17) is 0 Å². The number of anilines is 1. The van der Waals surface area contributed by atoms with Crippen LogP contribution in [0.4, 0.5) is 10.1 Å². The summed E-state index contributed by atoms with van der Waals surface area (Å²) in [6, 6.07) is 20.3. The van der Waals surface area contributed by atoms with E-state index in [9.17, 15) is 14.0 Å². The second kappa shape index (κ2) is 8.95. The highest BCUT2D eigenvalue weighted by atomic mass is 19.1. The summed E-state index contributed by atoms with van der Waals surface area (Å²) >= 11 is 0. The summed E-state index contributed by atoms with van der Waals surface area (Å²) in [6.07, 6.45) is 0.929. The SMILES string of the molecule is CCc1ccc(NC(=O)c2cccc(C(=O)NCc3ccccc3F)c2)cc1. The third-order valence-electron chi connectivity index (χ3n) is 4.40. The van der Waals surface area contributed by atoms with Gasteiger partial charge in [-0.1, -0.05) is 43.3 Å². The molecule has 3 aromatic carbocycles. The molecule has 0 radical (unpaired) electrons. The summed E-state index contributed by atoms with van der Waals surface area (Å²) in [5, 5.41) is 5.49. The lowest BCUT2D eigenvalue weighted by molar-refractivity contribution is 0.0950. The topological polar surface area (TPSA) is 58.2 Å². The quantitative estimate of drug-likeness (QED) is 0.662. The Morgan fingerprint density at radius 1 is 0.857 bits per heavy atom. The zero-order valence-corrected chi connectivity index (χ0v) is 15.5. The summed E-state index contributed by atoms with van der Waals surface area (Å²) in [7, 11) is 0. The van der Waals surface area contributed by atoms with E-state index in [2.05, 4.69) is 17.6 Å². The van der Waals surface area contributed by atoms with Gasteiger partial charge in [0.15, 0.2) is 0 Å². The van der Waals surface area contributed by atoms with E-state index in [1.807, 2.05) is 24.3 Å². The molecule has 4 nitrogen and oxygen atoms in total. The molecule has 3 rings (SSSR count). The summed E-state index contributed by atoms with van der Waals surface area (Å²) in [5.74, 6) is -1.04. The lowest BCUT2D eigenvalue weighted by atomic mass is 10.1. The maximum absolute atomic E-state index is 13.7. The van der Waals surface area contributed by atoms with Crippen molar-refractivity contribution < 1.29 is 14.0 Å². The minimum atomic E-state index is -0.370. The van der Waals surface area contributed by atoms with Gasteiger partial charge >= 0.3 is 0 Å². The number of benzene rings is 3. The third kappa shape index (κ3) is 4.82. The van der Waals surface area contributed by atoms with Crippen molar-refractivity contribution in [3.05, 3.63) is 101 Å². The largest absolute Gasteiger partial charge is 0.348 e. The first-order valence-corrected chi connectivity index (χ1v) is 9.09. The van der Waals surface area contributed by atoms with Gasteiger partial charge in [-0.15, -0.1) is 0 Å². The summed E-state index contributed by atoms with van der Waals surface area (Å²) in [6.45, 7) is 2.14. The Morgan fingerprint density at radius 2 is 1.54 bits per heavy atom. The first-order valence-electron chi connectivity index (χ1n) is 9.09. The van der Waals surface area contributed by atoms with E-state index in [1.54, 1.807) is 36.4 Å². The molecule has 2 N–H and O–H groups in total. The molecule has 28 heavy (non-hydrogen) atoms. The second-order valence-electron chi connectivity index (χ2n) is 6.36. The van der Waals surface area contributed by atoms with Crippen molar-refractivity contribution in [2.75, 3.05) is 5.32 Å². The van der Waals surface area contributed by atoms with Crippen LogP contribution in [0.15, 0.2) is 72.8 Å². The standard InChI is InChI=1S/C23H21FN2O2/c1-2-16-10-12-20(13-11-16)26-23(28)18-8-5-7-17(14-18)22(27)25-15-19-6-3-4-9-21(19)24/h3-14H,2,15H2,1H3,(H,25,27)(H,26,28). The number of carbonyl (C=O) groups is 2. The molecule has 3 aromatic rings. The van der Waals surface area contributed by atoms with Crippen LogP contribution in [-0.4, -0.2) is 11.8 Å².